The normalized spacial score (nSPS) is 8.75. The van der Waals surface area contributed by atoms with Gasteiger partial charge >= 0.3 is 0 Å². The first kappa shape index (κ1) is 62.5. The Morgan fingerprint density at radius 1 is 0.288 bits per heavy atom. The van der Waals surface area contributed by atoms with Gasteiger partial charge in [-0.25, -0.2) is 0 Å². The number of fused-ring (bicyclic) bond motifs is 9. The van der Waals surface area contributed by atoms with Crippen LogP contribution in [0.3, 0.4) is 0 Å². The molecule has 3 heteroatoms. The molecule has 0 radical (unpaired) electrons. The number of hydrogen-bond donors (Lipinski definition) is 0. The highest BCUT2D eigenvalue weighted by Gasteiger charge is 2.01. The number of nitrogens with zero attached hydrogens (tertiary/aromatic N) is 3. The second-order valence-electron chi connectivity index (χ2n) is 12.1. The summed E-state index contributed by atoms with van der Waals surface area (Å²) in [6, 6.07) is 50.0. The summed E-state index contributed by atoms with van der Waals surface area (Å²) in [7, 11) is 0. The van der Waals surface area contributed by atoms with E-state index < -0.39 is 0 Å². The Bertz CT molecular complexity index is 1970. The Hall–Kier alpha value is -5.67. The van der Waals surface area contributed by atoms with Crippen LogP contribution in [0.15, 0.2) is 164 Å². The highest BCUT2D eigenvalue weighted by Crippen LogP contribution is 2.24. The van der Waals surface area contributed by atoms with E-state index >= 15 is 0 Å². The monoisotopic (exact) mass is 798 g/mol. The van der Waals surface area contributed by atoms with E-state index in [0.717, 1.165) is 16.6 Å². The van der Waals surface area contributed by atoms with E-state index in [0.29, 0.717) is 0 Å². The van der Waals surface area contributed by atoms with Crippen molar-refractivity contribution in [1.82, 2.24) is 15.0 Å². The van der Waals surface area contributed by atoms with Crippen LogP contribution in [0.5, 0.6) is 0 Å². The van der Waals surface area contributed by atoms with Crippen molar-refractivity contribution in [1.29, 1.82) is 0 Å². The van der Waals surface area contributed by atoms with E-state index in [2.05, 4.69) is 170 Å². The van der Waals surface area contributed by atoms with Crippen LogP contribution in [-0.4, -0.2) is 15.0 Å². The van der Waals surface area contributed by atoms with Crippen molar-refractivity contribution < 1.29 is 0 Å². The lowest BCUT2D eigenvalue weighted by molar-refractivity contribution is 0.772. The molecule has 0 atom stereocenters. The average molecular weight is 798 g/mol. The van der Waals surface area contributed by atoms with Crippen molar-refractivity contribution in [3.63, 3.8) is 0 Å². The summed E-state index contributed by atoms with van der Waals surface area (Å²) in [4.78, 5) is 13.2. The smallest absolute Gasteiger partial charge is 0.0780 e. The van der Waals surface area contributed by atoms with Gasteiger partial charge in [-0.1, -0.05) is 248 Å². The van der Waals surface area contributed by atoms with E-state index in [1.54, 1.807) is 0 Å². The maximum atomic E-state index is 4.41. The quantitative estimate of drug-likeness (QED) is 0.164. The Morgan fingerprint density at radius 2 is 0.508 bits per heavy atom. The van der Waals surface area contributed by atoms with Gasteiger partial charge in [0.1, 0.15) is 0 Å². The van der Waals surface area contributed by atoms with Crippen LogP contribution in [0.25, 0.3) is 65.0 Å². The Kier molecular flexibility index (Phi) is 35.3. The maximum absolute atomic E-state index is 4.41. The molecule has 0 spiro atoms. The predicted octanol–water partition coefficient (Wildman–Crippen LogP) is 19.5. The second-order valence-corrected chi connectivity index (χ2v) is 12.1. The molecule has 0 aliphatic heterocycles. The summed E-state index contributed by atoms with van der Waals surface area (Å²) in [5.41, 5.74) is 3.27. The molecule has 0 unspecified atom stereocenters. The molecule has 9 rings (SSSR count). The Balaban J connectivity index is -0.000000212. The predicted molar refractivity (Wildman–Crippen MR) is 279 cm³/mol. The van der Waals surface area contributed by atoms with Gasteiger partial charge in [0.2, 0.25) is 0 Å². The zero-order valence-electron chi connectivity index (χ0n) is 29.8. The molecule has 0 saturated heterocycles. The van der Waals surface area contributed by atoms with E-state index in [1.807, 2.05) is 36.8 Å². The van der Waals surface area contributed by atoms with E-state index in [9.17, 15) is 0 Å². The summed E-state index contributed by atoms with van der Waals surface area (Å²) < 4.78 is 0. The molecule has 0 fully saturated rings. The minimum atomic E-state index is 0. The Labute approximate surface area is 363 Å². The van der Waals surface area contributed by atoms with Crippen molar-refractivity contribution in [2.75, 3.05) is 0 Å². The lowest BCUT2D eigenvalue weighted by atomic mass is 10.1. The zero-order valence-corrected chi connectivity index (χ0v) is 29.8. The molecule has 0 amide bonds. The first-order valence-corrected chi connectivity index (χ1v) is 17.9. The Morgan fingerprint density at radius 3 is 0.746 bits per heavy atom. The molecule has 3 aromatic heterocycles. The van der Waals surface area contributed by atoms with Crippen molar-refractivity contribution in [2.45, 2.75) is 120 Å². The molecule has 3 heterocycles. The number of hydrogen-bond acceptors (Lipinski definition) is 3. The van der Waals surface area contributed by atoms with Gasteiger partial charge in [0.05, 0.1) is 16.6 Å². The lowest BCUT2D eigenvalue weighted by Gasteiger charge is -2.01. The van der Waals surface area contributed by atoms with Crippen molar-refractivity contribution in [3.8, 4) is 0 Å². The van der Waals surface area contributed by atoms with Crippen LogP contribution >= 0.6 is 0 Å². The van der Waals surface area contributed by atoms with Gasteiger partial charge < -0.3 is 0 Å². The van der Waals surface area contributed by atoms with Crippen molar-refractivity contribution >= 4 is 65.0 Å². The van der Waals surface area contributed by atoms with Gasteiger partial charge in [-0.3, -0.25) is 15.0 Å². The van der Waals surface area contributed by atoms with Gasteiger partial charge in [0.15, 0.2) is 0 Å². The van der Waals surface area contributed by atoms with E-state index in [4.69, 9.17) is 0 Å². The van der Waals surface area contributed by atoms with Crippen molar-refractivity contribution in [3.05, 3.63) is 164 Å². The van der Waals surface area contributed by atoms with E-state index in [-0.39, 0.29) is 66.8 Å². The number of pyridine rings is 3. The van der Waals surface area contributed by atoms with Gasteiger partial charge in [-0.05, 0) is 34.4 Å². The summed E-state index contributed by atoms with van der Waals surface area (Å²) >= 11 is 0. The number of rotatable bonds is 2. The van der Waals surface area contributed by atoms with Crippen LogP contribution in [0, 0.1) is 0 Å². The number of aromatic nitrogens is 3. The summed E-state index contributed by atoms with van der Waals surface area (Å²) in [6.07, 6.45) is 10.9. The first-order chi connectivity index (χ1) is 24.7. The van der Waals surface area contributed by atoms with Crippen LogP contribution in [-0.2, 0) is 0 Å². The SMILES string of the molecule is C.C.C.C.C.C.C.C.C.CCC.CCCCC.c1ccc2c(c1)ccc1cccnc12.c1ccc2c(c1)ccc1cccnc12.c1ccc2c(c1)ccc1cccnc12. The largest absolute Gasteiger partial charge is 0.256 e. The molecule has 0 saturated carbocycles. The number of unbranched alkanes of at least 4 members (excludes halogenated alkanes) is 2. The van der Waals surface area contributed by atoms with Crippen LogP contribution in [0.1, 0.15) is 120 Å². The average Bonchev–Trinajstić information content (AvgIpc) is 3.19. The standard InChI is InChI=1S/3C13H9N.C5H12.C3H8.9CH4/c3*1-2-6-12-10(4-1)7-8-11-5-3-9-14-13(11)12;1-3-5-4-2;1-3-2;;;;;;;;;/h3*1-9H;3-5H2,1-2H3;3H2,1-2H3;9*1H4. The summed E-state index contributed by atoms with van der Waals surface area (Å²) in [6.45, 7) is 8.67. The fourth-order valence-corrected chi connectivity index (χ4v) is 5.80. The van der Waals surface area contributed by atoms with Crippen LogP contribution in [0.2, 0.25) is 0 Å². The van der Waals surface area contributed by atoms with Crippen molar-refractivity contribution in [2.24, 2.45) is 0 Å². The lowest BCUT2D eigenvalue weighted by Crippen LogP contribution is -1.79. The highest BCUT2D eigenvalue weighted by molar-refractivity contribution is 6.06. The molecule has 9 aromatic rings. The van der Waals surface area contributed by atoms with Gasteiger partial charge in [-0.2, -0.15) is 0 Å². The topological polar surface area (TPSA) is 38.7 Å². The number of benzene rings is 6. The maximum Gasteiger partial charge on any atom is 0.0780 e. The third kappa shape index (κ3) is 16.6. The van der Waals surface area contributed by atoms with Gasteiger partial charge in [-0.15, -0.1) is 0 Å². The molecule has 6 aromatic carbocycles. The zero-order chi connectivity index (χ0) is 35.0. The molecular formula is C56H83N3. The molecule has 59 heavy (non-hydrogen) atoms. The first-order valence-electron chi connectivity index (χ1n) is 17.9. The molecule has 3 nitrogen and oxygen atoms in total. The minimum Gasteiger partial charge on any atom is -0.256 e. The molecule has 0 bridgehead atoms. The third-order valence-corrected chi connectivity index (χ3v) is 8.20. The van der Waals surface area contributed by atoms with Crippen LogP contribution in [0.4, 0.5) is 0 Å². The molecular weight excluding hydrogens is 715 g/mol. The second kappa shape index (κ2) is 33.3. The minimum absolute atomic E-state index is 0. The third-order valence-electron chi connectivity index (χ3n) is 8.20. The van der Waals surface area contributed by atoms with Crippen LogP contribution < -0.4 is 0 Å². The highest BCUT2D eigenvalue weighted by atomic mass is 14.7. The molecule has 0 aliphatic carbocycles. The molecule has 322 valence electrons. The fraction of sp³-hybridized carbons (Fsp3) is 0.304. The van der Waals surface area contributed by atoms with Gasteiger partial charge in [0, 0.05) is 50.9 Å². The van der Waals surface area contributed by atoms with E-state index in [1.165, 1.54) is 74.2 Å². The molecule has 0 aliphatic rings. The summed E-state index contributed by atoms with van der Waals surface area (Å²) in [5.74, 6) is 0. The fourth-order valence-electron chi connectivity index (χ4n) is 5.80. The van der Waals surface area contributed by atoms with Gasteiger partial charge in [0.25, 0.3) is 0 Å². The molecule has 0 N–H and O–H groups in total. The summed E-state index contributed by atoms with van der Waals surface area (Å²) in [5, 5.41) is 11.0.